The second kappa shape index (κ2) is 15.1. The summed E-state index contributed by atoms with van der Waals surface area (Å²) in [4.78, 5) is 44.1. The fourth-order valence-corrected chi connectivity index (χ4v) is 7.14. The summed E-state index contributed by atoms with van der Waals surface area (Å²) in [6, 6.07) is 24.2. The van der Waals surface area contributed by atoms with Crippen LogP contribution >= 0.6 is 0 Å². The Bertz CT molecular complexity index is 1820. The monoisotopic (exact) mass is 679 g/mol. The summed E-state index contributed by atoms with van der Waals surface area (Å²) in [5.74, 6) is -0.829. The van der Waals surface area contributed by atoms with Crippen molar-refractivity contribution in [2.45, 2.75) is 77.1 Å². The molecule has 1 aliphatic carbocycles. The number of nitrogens with zero attached hydrogens (tertiary/aromatic N) is 3. The molecule has 1 saturated heterocycles. The number of aromatic nitrogens is 1. The van der Waals surface area contributed by atoms with Crippen LogP contribution in [0.25, 0.3) is 22.0 Å². The number of hydrogen-bond donors (Lipinski definition) is 0. The SMILES string of the molecule is COCCCn1cc(CN(C(=O)[C@H]2CN(C(=O)OC(C)(C)C)CC[C@@H]2c2cccc(-c3ccc(C(=O)OC)cc3)c2)C2CC2)c2ccccc21. The van der Waals surface area contributed by atoms with Gasteiger partial charge in [0.25, 0.3) is 0 Å². The average molecular weight is 680 g/mol. The number of benzene rings is 3. The third kappa shape index (κ3) is 8.05. The molecule has 50 heavy (non-hydrogen) atoms. The number of carbonyl (C=O) groups is 3. The van der Waals surface area contributed by atoms with Gasteiger partial charge in [-0.1, -0.05) is 54.6 Å². The second-order valence-electron chi connectivity index (χ2n) is 14.5. The van der Waals surface area contributed by atoms with E-state index in [0.717, 1.165) is 59.0 Å². The van der Waals surface area contributed by atoms with Gasteiger partial charge in [0, 0.05) is 63.0 Å². The molecule has 4 aromatic rings. The molecule has 264 valence electrons. The normalized spacial score (nSPS) is 17.8. The summed E-state index contributed by atoms with van der Waals surface area (Å²) in [5.41, 5.74) is 5.17. The van der Waals surface area contributed by atoms with Crippen LogP contribution in [0.5, 0.6) is 0 Å². The molecule has 9 nitrogen and oxygen atoms in total. The highest BCUT2D eigenvalue weighted by Crippen LogP contribution is 2.40. The number of methoxy groups -OCH3 is 2. The van der Waals surface area contributed by atoms with Gasteiger partial charge >= 0.3 is 12.1 Å². The van der Waals surface area contributed by atoms with E-state index in [1.54, 1.807) is 24.1 Å². The van der Waals surface area contributed by atoms with Gasteiger partial charge in [0.05, 0.1) is 18.6 Å². The Balaban J connectivity index is 1.31. The first-order valence-corrected chi connectivity index (χ1v) is 17.7. The molecule has 2 fully saturated rings. The van der Waals surface area contributed by atoms with Crippen LogP contribution in [-0.2, 0) is 32.1 Å². The zero-order valence-electron chi connectivity index (χ0n) is 29.9. The van der Waals surface area contributed by atoms with Gasteiger partial charge in [-0.15, -0.1) is 0 Å². The Morgan fingerprint density at radius 1 is 0.900 bits per heavy atom. The number of ether oxygens (including phenoxy) is 3. The van der Waals surface area contributed by atoms with Crippen molar-refractivity contribution in [3.05, 3.63) is 95.7 Å². The van der Waals surface area contributed by atoms with Crippen LogP contribution in [0.15, 0.2) is 79.0 Å². The van der Waals surface area contributed by atoms with Gasteiger partial charge in [0.1, 0.15) is 5.60 Å². The fourth-order valence-electron chi connectivity index (χ4n) is 7.14. The highest BCUT2D eigenvalue weighted by Gasteiger charge is 2.43. The number of rotatable bonds is 11. The molecule has 9 heteroatoms. The lowest BCUT2D eigenvalue weighted by Gasteiger charge is -2.40. The van der Waals surface area contributed by atoms with Crippen molar-refractivity contribution in [2.75, 3.05) is 33.9 Å². The molecule has 2 amide bonds. The van der Waals surface area contributed by atoms with Crippen LogP contribution in [0.2, 0.25) is 0 Å². The number of carbonyl (C=O) groups excluding carboxylic acids is 3. The molecule has 0 radical (unpaired) electrons. The second-order valence-corrected chi connectivity index (χ2v) is 14.5. The van der Waals surface area contributed by atoms with Gasteiger partial charge in [0.2, 0.25) is 5.91 Å². The molecule has 1 aromatic heterocycles. The van der Waals surface area contributed by atoms with E-state index < -0.39 is 11.5 Å². The largest absolute Gasteiger partial charge is 0.465 e. The number of hydrogen-bond acceptors (Lipinski definition) is 6. The lowest BCUT2D eigenvalue weighted by molar-refractivity contribution is -0.139. The number of aryl methyl sites for hydroxylation is 1. The van der Waals surface area contributed by atoms with E-state index in [1.807, 2.05) is 45.0 Å². The van der Waals surface area contributed by atoms with Crippen molar-refractivity contribution in [1.29, 1.82) is 0 Å². The van der Waals surface area contributed by atoms with E-state index in [0.29, 0.717) is 38.2 Å². The summed E-state index contributed by atoms with van der Waals surface area (Å²) in [5, 5.41) is 1.16. The van der Waals surface area contributed by atoms with Crippen LogP contribution in [0, 0.1) is 5.92 Å². The van der Waals surface area contributed by atoms with Gasteiger partial charge in [-0.2, -0.15) is 0 Å². The molecule has 0 bridgehead atoms. The molecule has 2 aliphatic rings. The van der Waals surface area contributed by atoms with Crippen LogP contribution in [0.4, 0.5) is 4.79 Å². The molecular formula is C41H49N3O6. The Kier molecular flexibility index (Phi) is 10.6. The van der Waals surface area contributed by atoms with Crippen molar-refractivity contribution >= 4 is 28.9 Å². The lowest BCUT2D eigenvalue weighted by Crippen LogP contribution is -2.51. The zero-order valence-corrected chi connectivity index (χ0v) is 29.9. The molecule has 6 rings (SSSR count). The van der Waals surface area contributed by atoms with Crippen molar-refractivity contribution in [1.82, 2.24) is 14.4 Å². The van der Waals surface area contributed by atoms with E-state index in [2.05, 4.69) is 52.1 Å². The Morgan fingerprint density at radius 2 is 1.66 bits per heavy atom. The van der Waals surface area contributed by atoms with E-state index in [9.17, 15) is 14.4 Å². The first-order chi connectivity index (χ1) is 24.1. The number of fused-ring (bicyclic) bond motifs is 1. The summed E-state index contributed by atoms with van der Waals surface area (Å²) in [7, 11) is 3.10. The minimum atomic E-state index is -0.636. The molecule has 2 atom stereocenters. The van der Waals surface area contributed by atoms with Gasteiger partial charge < -0.3 is 28.6 Å². The molecule has 2 heterocycles. The quantitative estimate of drug-likeness (QED) is 0.119. The third-order valence-corrected chi connectivity index (χ3v) is 9.77. The number of likely N-dealkylation sites (tertiary alicyclic amines) is 1. The van der Waals surface area contributed by atoms with Crippen molar-refractivity contribution in [3.63, 3.8) is 0 Å². The molecule has 3 aromatic carbocycles. The Labute approximate surface area is 295 Å². The predicted molar refractivity (Wildman–Crippen MR) is 194 cm³/mol. The minimum Gasteiger partial charge on any atom is -0.465 e. The first kappa shape index (κ1) is 35.2. The maximum atomic E-state index is 14.9. The van der Waals surface area contributed by atoms with Crippen LogP contribution in [0.1, 0.15) is 73.9 Å². The maximum Gasteiger partial charge on any atom is 0.410 e. The van der Waals surface area contributed by atoms with Crippen LogP contribution in [-0.4, -0.2) is 77.9 Å². The van der Waals surface area contributed by atoms with E-state index in [1.165, 1.54) is 7.11 Å². The summed E-state index contributed by atoms with van der Waals surface area (Å²) in [6.45, 7) is 8.43. The zero-order chi connectivity index (χ0) is 35.4. The standard InChI is InChI=1S/C41H49N3O6/c1-41(2,3)50-40(47)43-22-20-34(31-11-8-10-30(24-31)28-14-16-29(17-15-28)39(46)49-5)36(27-43)38(45)44(33-18-19-33)26-32-25-42(21-9-23-48-4)37-13-7-6-12-35(32)37/h6-8,10-17,24-25,33-34,36H,9,18-23,26-27H2,1-5H3/t34-,36+/m1/s1. The van der Waals surface area contributed by atoms with Crippen molar-refractivity contribution in [2.24, 2.45) is 5.92 Å². The molecule has 0 spiro atoms. The van der Waals surface area contributed by atoms with Crippen LogP contribution < -0.4 is 0 Å². The van der Waals surface area contributed by atoms with Crippen molar-refractivity contribution < 1.29 is 28.6 Å². The van der Waals surface area contributed by atoms with Gasteiger partial charge in [0.15, 0.2) is 0 Å². The molecule has 1 saturated carbocycles. The van der Waals surface area contributed by atoms with E-state index >= 15 is 0 Å². The third-order valence-electron chi connectivity index (χ3n) is 9.77. The molecular weight excluding hydrogens is 630 g/mol. The minimum absolute atomic E-state index is 0.0785. The predicted octanol–water partition coefficient (Wildman–Crippen LogP) is 7.66. The summed E-state index contributed by atoms with van der Waals surface area (Å²) >= 11 is 0. The van der Waals surface area contributed by atoms with Gasteiger partial charge in [-0.3, -0.25) is 4.79 Å². The molecule has 0 unspecified atom stereocenters. The van der Waals surface area contributed by atoms with Gasteiger partial charge in [-0.25, -0.2) is 9.59 Å². The fraction of sp³-hybridized carbons (Fsp3) is 0.439. The van der Waals surface area contributed by atoms with Crippen molar-refractivity contribution in [3.8, 4) is 11.1 Å². The molecule has 1 aliphatic heterocycles. The maximum absolute atomic E-state index is 14.9. The summed E-state index contributed by atoms with van der Waals surface area (Å²) in [6.07, 6.45) is 5.30. The smallest absolute Gasteiger partial charge is 0.410 e. The lowest BCUT2D eigenvalue weighted by atomic mass is 9.79. The number of amides is 2. The highest BCUT2D eigenvalue weighted by atomic mass is 16.6. The summed E-state index contributed by atoms with van der Waals surface area (Å²) < 4.78 is 18.2. The van der Waals surface area contributed by atoms with E-state index in [-0.39, 0.29) is 29.9 Å². The number of para-hydroxylation sites is 1. The molecule has 0 N–H and O–H groups in total. The number of piperidine rings is 1. The Morgan fingerprint density at radius 3 is 2.36 bits per heavy atom. The van der Waals surface area contributed by atoms with E-state index in [4.69, 9.17) is 14.2 Å². The highest BCUT2D eigenvalue weighted by molar-refractivity contribution is 5.90. The average Bonchev–Trinajstić information content (AvgIpc) is 3.91. The number of esters is 1. The topological polar surface area (TPSA) is 90.3 Å². The van der Waals surface area contributed by atoms with Crippen LogP contribution in [0.3, 0.4) is 0 Å². The van der Waals surface area contributed by atoms with Gasteiger partial charge in [-0.05, 0) is 92.8 Å². The first-order valence-electron chi connectivity index (χ1n) is 17.7. The Hall–Kier alpha value is -4.63.